The van der Waals surface area contributed by atoms with Crippen LogP contribution in [0.25, 0.3) is 27.9 Å². The van der Waals surface area contributed by atoms with Crippen molar-refractivity contribution in [2.75, 3.05) is 7.11 Å². The molecule has 0 N–H and O–H groups in total. The first-order chi connectivity index (χ1) is 10.8. The molecule has 0 saturated carbocycles. The molecule has 4 rings (SSSR count). The summed E-state index contributed by atoms with van der Waals surface area (Å²) in [5.74, 6) is 1.07. The number of nitrogens with zero attached hydrogens (tertiary/aromatic N) is 2. The molecule has 2 heterocycles. The van der Waals surface area contributed by atoms with E-state index < -0.39 is 0 Å². The predicted molar refractivity (Wildman–Crippen MR) is 83.7 cm³/mol. The standard InChI is InChI=1S/C17H12N2O3/c1-21-11-6-7-12-15(20)9-17(22-16(12)8-11)19-10-18-13-4-2-3-5-14(13)19/h2-10H,1H3. The van der Waals surface area contributed by atoms with Gasteiger partial charge in [-0.3, -0.25) is 9.36 Å². The van der Waals surface area contributed by atoms with Gasteiger partial charge in [-0.25, -0.2) is 4.98 Å². The van der Waals surface area contributed by atoms with E-state index in [0.29, 0.717) is 22.6 Å². The number of hydrogen-bond donors (Lipinski definition) is 0. The highest BCUT2D eigenvalue weighted by atomic mass is 16.5. The average molecular weight is 292 g/mol. The second-order valence-corrected chi connectivity index (χ2v) is 4.91. The van der Waals surface area contributed by atoms with E-state index in [4.69, 9.17) is 9.15 Å². The summed E-state index contributed by atoms with van der Waals surface area (Å²) in [6.07, 6.45) is 1.65. The van der Waals surface area contributed by atoms with E-state index in [-0.39, 0.29) is 5.43 Å². The number of methoxy groups -OCH3 is 1. The lowest BCUT2D eigenvalue weighted by atomic mass is 10.2. The number of aromatic nitrogens is 2. The van der Waals surface area contributed by atoms with Gasteiger partial charge in [0.05, 0.1) is 23.5 Å². The molecular formula is C17H12N2O3. The normalized spacial score (nSPS) is 11.1. The summed E-state index contributed by atoms with van der Waals surface area (Å²) in [7, 11) is 1.58. The van der Waals surface area contributed by atoms with Crippen molar-refractivity contribution in [1.29, 1.82) is 0 Å². The van der Waals surface area contributed by atoms with Crippen LogP contribution in [0.4, 0.5) is 0 Å². The third-order valence-corrected chi connectivity index (χ3v) is 3.61. The zero-order valence-corrected chi connectivity index (χ0v) is 11.8. The van der Waals surface area contributed by atoms with Crippen LogP contribution < -0.4 is 10.2 Å². The molecule has 5 heteroatoms. The molecule has 0 fully saturated rings. The molecule has 0 spiro atoms. The summed E-state index contributed by atoms with van der Waals surface area (Å²) >= 11 is 0. The molecule has 108 valence electrons. The van der Waals surface area contributed by atoms with Crippen LogP contribution in [0.1, 0.15) is 0 Å². The Morgan fingerprint density at radius 3 is 2.86 bits per heavy atom. The second kappa shape index (κ2) is 4.73. The Balaban J connectivity index is 2.01. The number of fused-ring (bicyclic) bond motifs is 2. The minimum absolute atomic E-state index is 0.100. The molecule has 5 nitrogen and oxygen atoms in total. The predicted octanol–water partition coefficient (Wildman–Crippen LogP) is 3.14. The van der Waals surface area contributed by atoms with Gasteiger partial charge in [0.2, 0.25) is 5.88 Å². The van der Waals surface area contributed by atoms with Crippen molar-refractivity contribution in [3.63, 3.8) is 0 Å². The molecule has 2 aromatic carbocycles. The van der Waals surface area contributed by atoms with Gasteiger partial charge in [-0.2, -0.15) is 0 Å². The van der Waals surface area contributed by atoms with Gasteiger partial charge >= 0.3 is 0 Å². The lowest BCUT2D eigenvalue weighted by molar-refractivity contribution is 0.414. The fourth-order valence-corrected chi connectivity index (χ4v) is 2.50. The van der Waals surface area contributed by atoms with Crippen LogP contribution in [0.5, 0.6) is 5.75 Å². The van der Waals surface area contributed by atoms with Crippen LogP contribution in [0, 0.1) is 0 Å². The molecule has 0 radical (unpaired) electrons. The van der Waals surface area contributed by atoms with E-state index in [9.17, 15) is 4.79 Å². The van der Waals surface area contributed by atoms with E-state index in [1.54, 1.807) is 36.2 Å². The Morgan fingerprint density at radius 1 is 1.14 bits per heavy atom. The molecular weight excluding hydrogens is 280 g/mol. The first kappa shape index (κ1) is 12.6. The smallest absolute Gasteiger partial charge is 0.209 e. The summed E-state index contributed by atoms with van der Waals surface area (Å²) in [6.45, 7) is 0. The number of imidazole rings is 1. The minimum Gasteiger partial charge on any atom is -0.497 e. The van der Waals surface area contributed by atoms with Crippen LogP contribution in [0.3, 0.4) is 0 Å². The highest BCUT2D eigenvalue weighted by Crippen LogP contribution is 2.23. The molecule has 0 aliphatic heterocycles. The van der Waals surface area contributed by atoms with Gasteiger partial charge in [0.1, 0.15) is 17.7 Å². The van der Waals surface area contributed by atoms with Crippen LogP contribution in [0.15, 0.2) is 64.1 Å². The Kier molecular flexibility index (Phi) is 2.72. The van der Waals surface area contributed by atoms with Gasteiger partial charge < -0.3 is 9.15 Å². The van der Waals surface area contributed by atoms with Gasteiger partial charge in [-0.1, -0.05) is 12.1 Å². The topological polar surface area (TPSA) is 57.3 Å². The highest BCUT2D eigenvalue weighted by Gasteiger charge is 2.10. The Bertz CT molecular complexity index is 1050. The Hall–Kier alpha value is -3.08. The first-order valence-electron chi connectivity index (χ1n) is 6.80. The number of hydrogen-bond acceptors (Lipinski definition) is 4. The minimum atomic E-state index is -0.100. The third-order valence-electron chi connectivity index (χ3n) is 3.61. The molecule has 4 aromatic rings. The summed E-state index contributed by atoms with van der Waals surface area (Å²) in [6, 6.07) is 14.3. The van der Waals surface area contributed by atoms with Crippen LogP contribution >= 0.6 is 0 Å². The quantitative estimate of drug-likeness (QED) is 0.569. The summed E-state index contributed by atoms with van der Waals surface area (Å²) in [4.78, 5) is 16.6. The molecule has 0 atom stereocenters. The third kappa shape index (κ3) is 1.87. The molecule has 0 amide bonds. The number of para-hydroxylation sites is 2. The van der Waals surface area contributed by atoms with Crippen molar-refractivity contribution in [2.45, 2.75) is 0 Å². The van der Waals surface area contributed by atoms with Crippen molar-refractivity contribution in [3.8, 4) is 11.6 Å². The average Bonchev–Trinajstić information content (AvgIpc) is 2.98. The monoisotopic (exact) mass is 292 g/mol. The number of ether oxygens (including phenoxy) is 1. The lowest BCUT2D eigenvalue weighted by Crippen LogP contribution is -2.04. The highest BCUT2D eigenvalue weighted by molar-refractivity contribution is 5.80. The van der Waals surface area contributed by atoms with E-state index in [2.05, 4.69) is 4.98 Å². The SMILES string of the molecule is COc1ccc2c(=O)cc(-n3cnc4ccccc43)oc2c1. The second-order valence-electron chi connectivity index (χ2n) is 4.91. The van der Waals surface area contributed by atoms with Crippen molar-refractivity contribution in [3.05, 3.63) is 65.1 Å². The van der Waals surface area contributed by atoms with Crippen molar-refractivity contribution in [2.24, 2.45) is 0 Å². The molecule has 22 heavy (non-hydrogen) atoms. The van der Waals surface area contributed by atoms with E-state index in [0.717, 1.165) is 11.0 Å². The molecule has 0 aliphatic rings. The first-order valence-corrected chi connectivity index (χ1v) is 6.80. The van der Waals surface area contributed by atoms with Crippen molar-refractivity contribution in [1.82, 2.24) is 9.55 Å². The van der Waals surface area contributed by atoms with Gasteiger partial charge in [-0.15, -0.1) is 0 Å². The maximum atomic E-state index is 12.3. The zero-order valence-electron chi connectivity index (χ0n) is 11.8. The molecule has 0 aliphatic carbocycles. The van der Waals surface area contributed by atoms with E-state index >= 15 is 0 Å². The van der Waals surface area contributed by atoms with E-state index in [1.807, 2.05) is 24.3 Å². The Labute approximate surface area is 125 Å². The molecule has 0 unspecified atom stereocenters. The lowest BCUT2D eigenvalue weighted by Gasteiger charge is -2.06. The van der Waals surface area contributed by atoms with Crippen molar-refractivity contribution >= 4 is 22.0 Å². The fourth-order valence-electron chi connectivity index (χ4n) is 2.50. The van der Waals surface area contributed by atoms with Gasteiger partial charge in [0.25, 0.3) is 0 Å². The summed E-state index contributed by atoms with van der Waals surface area (Å²) < 4.78 is 12.8. The van der Waals surface area contributed by atoms with Crippen molar-refractivity contribution < 1.29 is 9.15 Å². The molecule has 0 bridgehead atoms. The van der Waals surface area contributed by atoms with E-state index in [1.165, 1.54) is 6.07 Å². The maximum Gasteiger partial charge on any atom is 0.209 e. The number of rotatable bonds is 2. The van der Waals surface area contributed by atoms with Gasteiger partial charge in [0, 0.05) is 12.1 Å². The number of benzene rings is 2. The van der Waals surface area contributed by atoms with Crippen LogP contribution in [-0.4, -0.2) is 16.7 Å². The molecule has 2 aromatic heterocycles. The van der Waals surface area contributed by atoms with Crippen LogP contribution in [0.2, 0.25) is 0 Å². The molecule has 0 saturated heterocycles. The fraction of sp³-hybridized carbons (Fsp3) is 0.0588. The Morgan fingerprint density at radius 2 is 2.00 bits per heavy atom. The largest absolute Gasteiger partial charge is 0.497 e. The zero-order chi connectivity index (χ0) is 15.1. The summed E-state index contributed by atoms with van der Waals surface area (Å²) in [5.41, 5.74) is 2.11. The van der Waals surface area contributed by atoms with Gasteiger partial charge in [-0.05, 0) is 24.3 Å². The van der Waals surface area contributed by atoms with Crippen LogP contribution in [-0.2, 0) is 0 Å². The van der Waals surface area contributed by atoms with Gasteiger partial charge in [0.15, 0.2) is 5.43 Å². The maximum absolute atomic E-state index is 12.3. The summed E-state index contributed by atoms with van der Waals surface area (Å²) in [5, 5.41) is 0.522.